The van der Waals surface area contributed by atoms with Crippen molar-refractivity contribution in [3.63, 3.8) is 0 Å². The van der Waals surface area contributed by atoms with Crippen molar-refractivity contribution in [3.8, 4) is 5.75 Å². The maximum absolute atomic E-state index is 12.3. The molecule has 0 radical (unpaired) electrons. The van der Waals surface area contributed by atoms with E-state index in [1.165, 1.54) is 6.08 Å². The summed E-state index contributed by atoms with van der Waals surface area (Å²) in [4.78, 5) is 14.0. The van der Waals surface area contributed by atoms with Gasteiger partial charge in [0.05, 0.1) is 18.4 Å². The third-order valence-corrected chi connectivity index (χ3v) is 4.88. The molecule has 0 bridgehead atoms. The molecule has 126 valence electrons. The molecule has 2 heterocycles. The van der Waals surface area contributed by atoms with E-state index in [-0.39, 0.29) is 18.2 Å². The highest BCUT2D eigenvalue weighted by atomic mass is 32.2. The monoisotopic (exact) mass is 347 g/mol. The summed E-state index contributed by atoms with van der Waals surface area (Å²) >= 11 is 0. The first-order chi connectivity index (χ1) is 11.5. The predicted molar refractivity (Wildman–Crippen MR) is 90.0 cm³/mol. The Morgan fingerprint density at radius 2 is 2.12 bits per heavy atom. The number of nitrogens with one attached hydrogen (secondary N) is 1. The number of para-hydroxylation sites is 1. The Labute approximate surface area is 140 Å². The van der Waals surface area contributed by atoms with Crippen LogP contribution in [-0.2, 0) is 21.4 Å². The molecule has 1 amide bonds. The van der Waals surface area contributed by atoms with Crippen LogP contribution in [0.5, 0.6) is 5.75 Å². The third kappa shape index (κ3) is 3.48. The van der Waals surface area contributed by atoms with Crippen molar-refractivity contribution in [2.45, 2.75) is 6.54 Å². The van der Waals surface area contributed by atoms with Crippen molar-refractivity contribution in [1.82, 2.24) is 10.2 Å². The highest BCUT2D eigenvalue weighted by molar-refractivity contribution is 7.90. The molecule has 7 nitrogen and oxygen atoms in total. The van der Waals surface area contributed by atoms with Crippen molar-refractivity contribution in [3.05, 3.63) is 53.8 Å². The van der Waals surface area contributed by atoms with E-state index < -0.39 is 10.0 Å². The minimum absolute atomic E-state index is 0.0586. The van der Waals surface area contributed by atoms with Crippen LogP contribution in [0.3, 0.4) is 0 Å². The van der Waals surface area contributed by atoms with E-state index in [9.17, 15) is 13.2 Å². The van der Waals surface area contributed by atoms with E-state index in [2.05, 4.69) is 9.71 Å². The molecule has 0 spiro atoms. The minimum Gasteiger partial charge on any atom is -0.496 e. The van der Waals surface area contributed by atoms with Crippen molar-refractivity contribution in [2.24, 2.45) is 4.40 Å². The Hall–Kier alpha value is -2.61. The minimum atomic E-state index is -3.39. The zero-order valence-corrected chi connectivity index (χ0v) is 13.9. The summed E-state index contributed by atoms with van der Waals surface area (Å²) in [6.45, 7) is 0.623. The van der Waals surface area contributed by atoms with Gasteiger partial charge in [-0.3, -0.25) is 4.79 Å². The van der Waals surface area contributed by atoms with E-state index in [1.807, 2.05) is 24.3 Å². The lowest BCUT2D eigenvalue weighted by atomic mass is 10.1. The normalized spacial score (nSPS) is 18.3. The summed E-state index contributed by atoms with van der Waals surface area (Å²) in [5.74, 6) is 0.741. The van der Waals surface area contributed by atoms with Gasteiger partial charge in [-0.05, 0) is 18.2 Å². The van der Waals surface area contributed by atoms with Crippen LogP contribution < -0.4 is 10.1 Å². The molecular formula is C16H17N3O4S. The molecule has 0 saturated heterocycles. The number of sulfonamides is 1. The number of methoxy groups -OCH3 is 1. The van der Waals surface area contributed by atoms with Gasteiger partial charge < -0.3 is 15.0 Å². The first kappa shape index (κ1) is 16.3. The van der Waals surface area contributed by atoms with Gasteiger partial charge in [-0.1, -0.05) is 18.2 Å². The molecule has 2 aliphatic rings. The Kier molecular flexibility index (Phi) is 4.39. The highest BCUT2D eigenvalue weighted by Gasteiger charge is 2.24. The van der Waals surface area contributed by atoms with Gasteiger partial charge in [0.2, 0.25) is 0 Å². The average Bonchev–Trinajstić information content (AvgIpc) is 2.58. The van der Waals surface area contributed by atoms with Gasteiger partial charge >= 0.3 is 0 Å². The predicted octanol–water partition coefficient (Wildman–Crippen LogP) is 0.809. The van der Waals surface area contributed by atoms with Crippen LogP contribution >= 0.6 is 0 Å². The fraction of sp³-hybridized carbons (Fsp3) is 0.250. The summed E-state index contributed by atoms with van der Waals surface area (Å²) < 4.78 is 31.9. The summed E-state index contributed by atoms with van der Waals surface area (Å²) in [6, 6.07) is 7.45. The molecule has 8 heteroatoms. The van der Waals surface area contributed by atoms with Crippen molar-refractivity contribution >= 4 is 21.8 Å². The lowest BCUT2D eigenvalue weighted by molar-refractivity contribution is -0.117. The number of carbonyl (C=O) groups is 1. The Morgan fingerprint density at radius 3 is 2.92 bits per heavy atom. The zero-order valence-electron chi connectivity index (χ0n) is 13.1. The van der Waals surface area contributed by atoms with E-state index in [4.69, 9.17) is 4.74 Å². The lowest BCUT2D eigenvalue weighted by Gasteiger charge is -2.27. The van der Waals surface area contributed by atoms with Crippen LogP contribution in [0.25, 0.3) is 0 Å². The number of rotatable bonds is 4. The number of amides is 1. The number of fused-ring (bicyclic) bond motifs is 1. The Balaban J connectivity index is 1.69. The van der Waals surface area contributed by atoms with Gasteiger partial charge in [0, 0.05) is 24.9 Å². The molecule has 0 aromatic heterocycles. The largest absolute Gasteiger partial charge is 0.496 e. The smallest absolute Gasteiger partial charge is 0.256 e. The fourth-order valence-corrected chi connectivity index (χ4v) is 3.43. The van der Waals surface area contributed by atoms with Crippen molar-refractivity contribution < 1.29 is 17.9 Å². The molecule has 3 rings (SSSR count). The second-order valence-electron chi connectivity index (χ2n) is 5.34. The molecule has 0 unspecified atom stereocenters. The van der Waals surface area contributed by atoms with Gasteiger partial charge in [0.15, 0.2) is 0 Å². The first-order valence-electron chi connectivity index (χ1n) is 7.38. The Bertz CT molecular complexity index is 856. The van der Waals surface area contributed by atoms with E-state index in [0.717, 1.165) is 5.56 Å². The standard InChI is InChI=1S/C16H17N3O4S/c1-23-14-5-3-2-4-12(14)10-17-16(20)13-6-7-15-18-24(21,22)9-8-19(15)11-13/h2-7,11H,8-10H2,1H3,(H,17,20). The SMILES string of the molecule is COc1ccccc1CNC(=O)C1=CN2CCS(=O)(=O)N=C2C=C1. The maximum atomic E-state index is 12.3. The molecule has 0 atom stereocenters. The summed E-state index contributed by atoms with van der Waals surface area (Å²) in [6.07, 6.45) is 4.72. The van der Waals surface area contributed by atoms with Crippen LogP contribution in [0.2, 0.25) is 0 Å². The molecule has 0 fully saturated rings. The molecular weight excluding hydrogens is 330 g/mol. The molecule has 1 aromatic rings. The fourth-order valence-electron chi connectivity index (χ4n) is 2.46. The van der Waals surface area contributed by atoms with Crippen molar-refractivity contribution in [2.75, 3.05) is 19.4 Å². The second kappa shape index (κ2) is 6.48. The summed E-state index contributed by atoms with van der Waals surface area (Å²) in [7, 11) is -1.81. The number of hydrogen-bond acceptors (Lipinski definition) is 5. The molecule has 0 aliphatic carbocycles. The lowest BCUT2D eigenvalue weighted by Crippen LogP contribution is -2.38. The molecule has 1 aromatic carbocycles. The maximum Gasteiger partial charge on any atom is 0.256 e. The molecule has 0 saturated carbocycles. The average molecular weight is 347 g/mol. The van der Waals surface area contributed by atoms with E-state index >= 15 is 0 Å². The third-order valence-electron chi connectivity index (χ3n) is 3.72. The molecule has 24 heavy (non-hydrogen) atoms. The molecule has 1 N–H and O–H groups in total. The summed E-state index contributed by atoms with van der Waals surface area (Å²) in [5.41, 5.74) is 1.32. The van der Waals surface area contributed by atoms with Gasteiger partial charge in [-0.15, -0.1) is 4.40 Å². The van der Waals surface area contributed by atoms with E-state index in [0.29, 0.717) is 23.7 Å². The topological polar surface area (TPSA) is 88.1 Å². The van der Waals surface area contributed by atoms with Crippen LogP contribution in [0.15, 0.2) is 52.6 Å². The van der Waals surface area contributed by atoms with Gasteiger partial charge in [-0.25, -0.2) is 8.42 Å². The van der Waals surface area contributed by atoms with Gasteiger partial charge in [0.1, 0.15) is 11.6 Å². The second-order valence-corrected chi connectivity index (χ2v) is 7.10. The van der Waals surface area contributed by atoms with Crippen LogP contribution in [0.4, 0.5) is 0 Å². The Morgan fingerprint density at radius 1 is 1.33 bits per heavy atom. The molecule has 2 aliphatic heterocycles. The number of ether oxygens (including phenoxy) is 1. The quantitative estimate of drug-likeness (QED) is 0.871. The number of hydrogen-bond donors (Lipinski definition) is 1. The van der Waals surface area contributed by atoms with Gasteiger partial charge in [0.25, 0.3) is 15.9 Å². The number of carbonyl (C=O) groups excluding carboxylic acids is 1. The number of nitrogens with zero attached hydrogens (tertiary/aromatic N) is 2. The number of amidine groups is 1. The first-order valence-corrected chi connectivity index (χ1v) is 8.99. The van der Waals surface area contributed by atoms with Crippen molar-refractivity contribution in [1.29, 1.82) is 0 Å². The van der Waals surface area contributed by atoms with E-state index in [1.54, 1.807) is 24.3 Å². The van der Waals surface area contributed by atoms with Crippen LogP contribution in [-0.4, -0.2) is 44.5 Å². The van der Waals surface area contributed by atoms with Gasteiger partial charge in [-0.2, -0.15) is 0 Å². The summed E-state index contributed by atoms with van der Waals surface area (Å²) in [5, 5.41) is 2.83. The highest BCUT2D eigenvalue weighted by Crippen LogP contribution is 2.18. The van der Waals surface area contributed by atoms with Crippen LogP contribution in [0.1, 0.15) is 5.56 Å². The number of benzene rings is 1. The van der Waals surface area contributed by atoms with Crippen LogP contribution in [0, 0.1) is 0 Å². The zero-order chi connectivity index (χ0) is 17.2.